The number of aliphatic hydroxyl groups is 7. The number of ether oxygens (including phenoxy) is 6. The second-order valence-electron chi connectivity index (χ2n) is 10.6. The summed E-state index contributed by atoms with van der Waals surface area (Å²) < 4.78 is 33.1. The molecule has 3 aliphatic heterocycles. The summed E-state index contributed by atoms with van der Waals surface area (Å²) in [5.74, 6) is -1.14. The van der Waals surface area contributed by atoms with Gasteiger partial charge in [-0.05, 0) is 17.7 Å². The summed E-state index contributed by atoms with van der Waals surface area (Å²) in [7, 11) is 1.38. The molecule has 3 aliphatic rings. The summed E-state index contributed by atoms with van der Waals surface area (Å²) in [6.07, 6.45) is -17.7. The molecule has 2 saturated heterocycles. The van der Waals surface area contributed by atoms with Gasteiger partial charge in [-0.15, -0.1) is 0 Å². The smallest absolute Gasteiger partial charge is 0.229 e. The number of fused-ring (bicyclic) bond motifs is 1. The van der Waals surface area contributed by atoms with Crippen LogP contribution in [0.3, 0.4) is 0 Å². The number of hydrogen-bond donors (Lipinski definition) is 9. The number of carbonyl (C=O) groups is 1. The second-order valence-corrected chi connectivity index (χ2v) is 10.6. The van der Waals surface area contributed by atoms with Crippen molar-refractivity contribution >= 4 is 5.78 Å². The zero-order valence-electron chi connectivity index (χ0n) is 23.2. The molecule has 16 heteroatoms. The zero-order valence-corrected chi connectivity index (χ0v) is 23.2. The molecule has 2 aromatic rings. The Hall–Kier alpha value is -3.29. The maximum atomic E-state index is 12.9. The van der Waals surface area contributed by atoms with Crippen molar-refractivity contribution in [3.63, 3.8) is 0 Å². The first-order valence-electron chi connectivity index (χ1n) is 13.7. The van der Waals surface area contributed by atoms with Crippen molar-refractivity contribution in [3.8, 4) is 28.7 Å². The molecule has 2 aromatic carbocycles. The Morgan fingerprint density at radius 2 is 1.50 bits per heavy atom. The van der Waals surface area contributed by atoms with E-state index < -0.39 is 92.3 Å². The summed E-state index contributed by atoms with van der Waals surface area (Å²) in [4.78, 5) is 12.9. The maximum absolute atomic E-state index is 12.9. The minimum atomic E-state index is -1.85. The van der Waals surface area contributed by atoms with Crippen LogP contribution < -0.4 is 14.2 Å². The molecule has 0 radical (unpaired) electrons. The third-order valence-electron chi connectivity index (χ3n) is 7.76. The molecule has 2 fully saturated rings. The Labute approximate surface area is 249 Å². The first kappa shape index (κ1) is 32.1. The van der Waals surface area contributed by atoms with Crippen molar-refractivity contribution in [1.29, 1.82) is 0 Å². The first-order chi connectivity index (χ1) is 21.0. The normalized spacial score (nSPS) is 35.5. The van der Waals surface area contributed by atoms with Crippen LogP contribution in [0, 0.1) is 0 Å². The SMILES string of the molecule is COc1ccc([C@@H]2CC(=O)c3c(O)cc(O[C@@H]4O[C@H](CO)[C@@H](O)[C@H](O[C@@H]5O[C@H](CO)[C@@H](O)[C@H](O)[C@H]5O)[C@H]4O)cc3O2)cc1O. The van der Waals surface area contributed by atoms with Gasteiger partial charge in [0.2, 0.25) is 6.29 Å². The molecule has 11 atom stereocenters. The molecular weight excluding hydrogens is 592 g/mol. The van der Waals surface area contributed by atoms with E-state index in [1.54, 1.807) is 6.07 Å². The second kappa shape index (κ2) is 13.0. The Balaban J connectivity index is 1.37. The quantitative estimate of drug-likeness (QED) is 0.151. The monoisotopic (exact) mass is 626 g/mol. The predicted octanol–water partition coefficient (Wildman–Crippen LogP) is -2.18. The number of Topliss-reactive ketones (excluding diaryl/α,β-unsaturated/α-hetero) is 1. The van der Waals surface area contributed by atoms with Crippen LogP contribution in [0.25, 0.3) is 0 Å². The van der Waals surface area contributed by atoms with E-state index in [1.165, 1.54) is 25.3 Å². The lowest BCUT2D eigenvalue weighted by Crippen LogP contribution is -2.65. The van der Waals surface area contributed by atoms with Crippen LogP contribution in [-0.2, 0) is 14.2 Å². The summed E-state index contributed by atoms with van der Waals surface area (Å²) in [6.45, 7) is -1.52. The lowest BCUT2D eigenvalue weighted by Gasteiger charge is -2.45. The molecule has 5 rings (SSSR count). The lowest BCUT2D eigenvalue weighted by molar-refractivity contribution is -0.352. The number of methoxy groups -OCH3 is 1. The van der Waals surface area contributed by atoms with Gasteiger partial charge in [0.25, 0.3) is 0 Å². The number of ketones is 1. The third kappa shape index (κ3) is 6.01. The molecule has 3 heterocycles. The Kier molecular flexibility index (Phi) is 9.47. The number of hydrogen-bond acceptors (Lipinski definition) is 16. The summed E-state index contributed by atoms with van der Waals surface area (Å²) >= 11 is 0. The van der Waals surface area contributed by atoms with Crippen LogP contribution in [0.1, 0.15) is 28.4 Å². The van der Waals surface area contributed by atoms with Gasteiger partial charge in [0.15, 0.2) is 23.6 Å². The van der Waals surface area contributed by atoms with Crippen molar-refractivity contribution in [3.05, 3.63) is 41.5 Å². The molecule has 0 saturated carbocycles. The van der Waals surface area contributed by atoms with E-state index in [2.05, 4.69) is 0 Å². The van der Waals surface area contributed by atoms with Crippen molar-refractivity contribution in [2.75, 3.05) is 20.3 Å². The van der Waals surface area contributed by atoms with Crippen LogP contribution in [0.5, 0.6) is 28.7 Å². The highest BCUT2D eigenvalue weighted by molar-refractivity contribution is 6.02. The number of aromatic hydroxyl groups is 2. The lowest BCUT2D eigenvalue weighted by atomic mass is 9.95. The van der Waals surface area contributed by atoms with Crippen molar-refractivity contribution in [2.45, 2.75) is 73.9 Å². The predicted molar refractivity (Wildman–Crippen MR) is 142 cm³/mol. The van der Waals surface area contributed by atoms with Gasteiger partial charge in [-0.25, -0.2) is 0 Å². The van der Waals surface area contributed by atoms with Crippen LogP contribution in [0.4, 0.5) is 0 Å². The number of phenolic OH excluding ortho intramolecular Hbond substituents is 2. The van der Waals surface area contributed by atoms with Gasteiger partial charge in [-0.1, -0.05) is 6.07 Å². The maximum Gasteiger partial charge on any atom is 0.229 e. The average molecular weight is 627 g/mol. The summed E-state index contributed by atoms with van der Waals surface area (Å²) in [6, 6.07) is 6.81. The van der Waals surface area contributed by atoms with Gasteiger partial charge in [0, 0.05) is 12.1 Å². The largest absolute Gasteiger partial charge is 0.507 e. The Morgan fingerprint density at radius 1 is 0.818 bits per heavy atom. The highest BCUT2D eigenvalue weighted by Gasteiger charge is 2.51. The van der Waals surface area contributed by atoms with Crippen LogP contribution in [-0.4, -0.2) is 133 Å². The molecule has 44 heavy (non-hydrogen) atoms. The van der Waals surface area contributed by atoms with E-state index in [0.717, 1.165) is 6.07 Å². The fourth-order valence-corrected chi connectivity index (χ4v) is 5.36. The molecule has 0 unspecified atom stereocenters. The molecule has 9 N–H and O–H groups in total. The first-order valence-corrected chi connectivity index (χ1v) is 13.7. The minimum absolute atomic E-state index is 0.0743. The van der Waals surface area contributed by atoms with Gasteiger partial charge in [0.1, 0.15) is 77.7 Å². The molecule has 242 valence electrons. The van der Waals surface area contributed by atoms with Crippen molar-refractivity contribution in [1.82, 2.24) is 0 Å². The number of aliphatic hydroxyl groups excluding tert-OH is 7. The van der Waals surface area contributed by atoms with E-state index in [0.29, 0.717) is 5.56 Å². The number of benzene rings is 2. The van der Waals surface area contributed by atoms with E-state index in [-0.39, 0.29) is 35.0 Å². The Morgan fingerprint density at radius 3 is 2.16 bits per heavy atom. The number of carbonyl (C=O) groups excluding carboxylic acids is 1. The van der Waals surface area contributed by atoms with Gasteiger partial charge in [-0.3, -0.25) is 4.79 Å². The molecule has 0 bridgehead atoms. The van der Waals surface area contributed by atoms with Crippen LogP contribution in [0.2, 0.25) is 0 Å². The molecule has 0 aromatic heterocycles. The fraction of sp³-hybridized carbons (Fsp3) is 0.536. The highest BCUT2D eigenvalue weighted by atomic mass is 16.7. The van der Waals surface area contributed by atoms with E-state index in [9.17, 15) is 50.8 Å². The number of rotatable bonds is 8. The standard InChI is InChI=1S/C28H34O16/c1-39-15-3-2-10(4-12(15)31)16-7-14(33)20-13(32)5-11(6-17(20)41-16)40-28-25(38)26(22(35)19(9-30)43-28)44-27-24(37)23(36)21(34)18(8-29)42-27/h2-6,16,18-19,21-32,34-38H,7-9H2,1H3/t16-,18+,19+,21+,22+,23-,24+,25+,26-,27-,28+/m0/s1. The zero-order chi connectivity index (χ0) is 31.9. The summed E-state index contributed by atoms with van der Waals surface area (Å²) in [5.41, 5.74) is 0.330. The molecule has 16 nitrogen and oxygen atoms in total. The van der Waals surface area contributed by atoms with Crippen LogP contribution >= 0.6 is 0 Å². The van der Waals surface area contributed by atoms with Crippen molar-refractivity contribution < 1.29 is 79.2 Å². The number of phenols is 2. The molecule has 0 amide bonds. The third-order valence-corrected chi connectivity index (χ3v) is 7.76. The van der Waals surface area contributed by atoms with Crippen LogP contribution in [0.15, 0.2) is 30.3 Å². The van der Waals surface area contributed by atoms with Gasteiger partial charge in [0.05, 0.1) is 26.7 Å². The average Bonchev–Trinajstić information content (AvgIpc) is 3.00. The molecule has 0 aliphatic carbocycles. The van der Waals surface area contributed by atoms with E-state index in [4.69, 9.17) is 28.4 Å². The van der Waals surface area contributed by atoms with Crippen molar-refractivity contribution in [2.24, 2.45) is 0 Å². The minimum Gasteiger partial charge on any atom is -0.507 e. The van der Waals surface area contributed by atoms with Gasteiger partial charge >= 0.3 is 0 Å². The van der Waals surface area contributed by atoms with E-state index >= 15 is 0 Å². The molecular formula is C28H34O16. The topological polar surface area (TPSA) is 255 Å². The van der Waals surface area contributed by atoms with Gasteiger partial charge in [-0.2, -0.15) is 0 Å². The summed E-state index contributed by atoms with van der Waals surface area (Å²) in [5, 5.41) is 92.3. The van der Waals surface area contributed by atoms with Gasteiger partial charge < -0.3 is 74.4 Å². The molecule has 0 spiro atoms. The highest BCUT2D eigenvalue weighted by Crippen LogP contribution is 2.43. The Bertz CT molecular complexity index is 1330. The van der Waals surface area contributed by atoms with E-state index in [1.807, 2.05) is 0 Å². The fourth-order valence-electron chi connectivity index (χ4n) is 5.36.